The molecule has 0 spiro atoms. The number of nitrogens with zero attached hydrogens (tertiary/aromatic N) is 1. The second kappa shape index (κ2) is 9.23. The topological polar surface area (TPSA) is 128 Å². The van der Waals surface area contributed by atoms with E-state index in [0.29, 0.717) is 12.0 Å². The first-order chi connectivity index (χ1) is 11.9. The van der Waals surface area contributed by atoms with Gasteiger partial charge in [-0.2, -0.15) is 0 Å². The highest BCUT2D eigenvalue weighted by atomic mass is 31.2. The van der Waals surface area contributed by atoms with Crippen LogP contribution in [-0.2, 0) is 15.6 Å². The predicted molar refractivity (Wildman–Crippen MR) is 102 cm³/mol. The van der Waals surface area contributed by atoms with E-state index in [0.717, 1.165) is 17.6 Å². The average Bonchev–Trinajstić information content (AvgIpc) is 2.49. The number of pyridine rings is 1. The van der Waals surface area contributed by atoms with Gasteiger partial charge in [-0.05, 0) is 51.7 Å². The second-order valence-corrected chi connectivity index (χ2v) is 10.9. The molecule has 0 radical (unpaired) electrons. The lowest BCUT2D eigenvalue weighted by Gasteiger charge is -2.34. The molecule has 0 aromatic carbocycles. The van der Waals surface area contributed by atoms with E-state index in [1.807, 2.05) is 19.9 Å². The van der Waals surface area contributed by atoms with Gasteiger partial charge < -0.3 is 19.6 Å². The van der Waals surface area contributed by atoms with Crippen LogP contribution in [0.2, 0.25) is 0 Å². The Morgan fingerprint density at radius 3 is 2.19 bits per heavy atom. The molecule has 1 heterocycles. The van der Waals surface area contributed by atoms with E-state index >= 15 is 0 Å². The predicted octanol–water partition coefficient (Wildman–Crippen LogP) is 3.76. The molecule has 0 aliphatic heterocycles. The fourth-order valence-corrected chi connectivity index (χ4v) is 5.34. The van der Waals surface area contributed by atoms with Crippen molar-refractivity contribution in [3.8, 4) is 0 Å². The highest BCUT2D eigenvalue weighted by Gasteiger charge is 2.59. The molecule has 4 N–H and O–H groups in total. The Bertz CT molecular complexity index is 722. The summed E-state index contributed by atoms with van der Waals surface area (Å²) in [6, 6.07) is 3.10. The second-order valence-electron chi connectivity index (χ2n) is 6.68. The molecular weight excluding hydrogens is 376 g/mol. The van der Waals surface area contributed by atoms with Gasteiger partial charge in [0.25, 0.3) is 0 Å². The summed E-state index contributed by atoms with van der Waals surface area (Å²) in [4.78, 5) is 40.7. The summed E-state index contributed by atoms with van der Waals surface area (Å²) >= 11 is 0. The molecule has 0 bridgehead atoms. The van der Waals surface area contributed by atoms with Crippen LogP contribution in [0.25, 0.3) is 0 Å². The van der Waals surface area contributed by atoms with E-state index < -0.39 is 32.9 Å². The lowest BCUT2D eigenvalue weighted by molar-refractivity contribution is 0.305. The summed E-state index contributed by atoms with van der Waals surface area (Å²) in [5, 5.41) is 0. The average molecular weight is 403 g/mol. The number of hydrogen-bond donors (Lipinski definition) is 4. The molecule has 9 heteroatoms. The third-order valence-corrected chi connectivity index (χ3v) is 8.58. The van der Waals surface area contributed by atoms with E-state index in [2.05, 4.69) is 4.98 Å². The number of rotatable bonds is 9. The van der Waals surface area contributed by atoms with E-state index in [-0.39, 0.29) is 0 Å². The van der Waals surface area contributed by atoms with Gasteiger partial charge in [-0.25, -0.2) is 0 Å². The van der Waals surface area contributed by atoms with Crippen molar-refractivity contribution >= 4 is 15.2 Å². The third-order valence-electron chi connectivity index (χ3n) is 4.16. The SMILES string of the molecule is CC(C)=CCC/C(C)=C/CC(Cc1cccnc1)(P(=O)(O)O)P(=O)(O)O. The first-order valence-electron chi connectivity index (χ1n) is 8.18. The quantitative estimate of drug-likeness (QED) is 0.365. The summed E-state index contributed by atoms with van der Waals surface area (Å²) < 4.78 is 24.3. The molecule has 1 aromatic rings. The van der Waals surface area contributed by atoms with Crippen LogP contribution in [0.5, 0.6) is 0 Å². The van der Waals surface area contributed by atoms with Gasteiger partial charge in [0.2, 0.25) is 0 Å². The van der Waals surface area contributed by atoms with E-state index in [1.54, 1.807) is 19.1 Å². The molecule has 0 saturated carbocycles. The van der Waals surface area contributed by atoms with E-state index in [4.69, 9.17) is 0 Å². The molecule has 0 unspecified atom stereocenters. The Balaban J connectivity index is 3.21. The zero-order valence-electron chi connectivity index (χ0n) is 15.2. The molecular formula is C17H27NO6P2. The Morgan fingerprint density at radius 2 is 1.73 bits per heavy atom. The summed E-state index contributed by atoms with van der Waals surface area (Å²) in [6.45, 7) is 5.73. The molecule has 0 saturated heterocycles. The minimum atomic E-state index is -5.14. The molecule has 0 atom stereocenters. The molecule has 26 heavy (non-hydrogen) atoms. The minimum absolute atomic E-state index is 0.356. The van der Waals surface area contributed by atoms with Crippen LogP contribution in [0.15, 0.2) is 47.8 Å². The zero-order chi connectivity index (χ0) is 20.0. The van der Waals surface area contributed by atoms with Gasteiger partial charge >= 0.3 is 15.2 Å². The molecule has 1 rings (SSSR count). The van der Waals surface area contributed by atoms with E-state index in [1.165, 1.54) is 18.5 Å². The van der Waals surface area contributed by atoms with Crippen LogP contribution < -0.4 is 0 Å². The van der Waals surface area contributed by atoms with Crippen molar-refractivity contribution in [2.24, 2.45) is 0 Å². The summed E-state index contributed by atoms with van der Waals surface area (Å²) in [5.41, 5.74) is 2.34. The Hall–Kier alpha value is -1.07. The van der Waals surface area contributed by atoms with Crippen molar-refractivity contribution in [2.75, 3.05) is 0 Å². The van der Waals surface area contributed by atoms with Crippen molar-refractivity contribution in [1.82, 2.24) is 4.98 Å². The molecule has 1 aromatic heterocycles. The fourth-order valence-electron chi connectivity index (χ4n) is 2.54. The van der Waals surface area contributed by atoms with Crippen molar-refractivity contribution in [2.45, 2.75) is 51.4 Å². The van der Waals surface area contributed by atoms with Crippen molar-refractivity contribution in [3.05, 3.63) is 53.4 Å². The zero-order valence-corrected chi connectivity index (χ0v) is 17.0. The lowest BCUT2D eigenvalue weighted by Crippen LogP contribution is -2.31. The van der Waals surface area contributed by atoms with Crippen LogP contribution in [-0.4, -0.2) is 29.5 Å². The smallest absolute Gasteiger partial charge is 0.324 e. The molecule has 0 amide bonds. The normalized spacial score (nSPS) is 13.6. The highest BCUT2D eigenvalue weighted by molar-refractivity contribution is 7.72. The van der Waals surface area contributed by atoms with Crippen LogP contribution in [0.3, 0.4) is 0 Å². The molecule has 7 nitrogen and oxygen atoms in total. The first kappa shape index (κ1) is 23.0. The summed E-state index contributed by atoms with van der Waals surface area (Å²) in [7, 11) is -10.3. The van der Waals surface area contributed by atoms with Gasteiger partial charge in [-0.3, -0.25) is 14.1 Å². The number of allylic oxidation sites excluding steroid dienone is 4. The van der Waals surface area contributed by atoms with Gasteiger partial charge in [-0.1, -0.05) is 29.4 Å². The summed E-state index contributed by atoms with van der Waals surface area (Å²) in [5.74, 6) is 0. The summed E-state index contributed by atoms with van der Waals surface area (Å²) in [6.07, 6.45) is 6.91. The monoisotopic (exact) mass is 403 g/mol. The molecule has 0 aliphatic carbocycles. The molecule has 146 valence electrons. The highest BCUT2D eigenvalue weighted by Crippen LogP contribution is 2.71. The van der Waals surface area contributed by atoms with Crippen molar-refractivity contribution in [1.29, 1.82) is 0 Å². The van der Waals surface area contributed by atoms with Gasteiger partial charge in [0.1, 0.15) is 0 Å². The van der Waals surface area contributed by atoms with Crippen LogP contribution in [0.4, 0.5) is 0 Å². The van der Waals surface area contributed by atoms with Gasteiger partial charge in [0, 0.05) is 18.8 Å². The van der Waals surface area contributed by atoms with Crippen molar-refractivity contribution in [3.63, 3.8) is 0 Å². The maximum absolute atomic E-state index is 12.2. The maximum Gasteiger partial charge on any atom is 0.344 e. The van der Waals surface area contributed by atoms with Gasteiger partial charge in [0.15, 0.2) is 4.90 Å². The largest absolute Gasteiger partial charge is 0.344 e. The first-order valence-corrected chi connectivity index (χ1v) is 11.4. The molecule has 0 fully saturated rings. The Morgan fingerprint density at radius 1 is 1.12 bits per heavy atom. The van der Waals surface area contributed by atoms with Gasteiger partial charge in [0.05, 0.1) is 0 Å². The Labute approximate surface area is 154 Å². The minimum Gasteiger partial charge on any atom is -0.324 e. The fraction of sp³-hybridized carbons (Fsp3) is 0.471. The number of hydrogen-bond acceptors (Lipinski definition) is 3. The van der Waals surface area contributed by atoms with Gasteiger partial charge in [-0.15, -0.1) is 0 Å². The van der Waals surface area contributed by atoms with E-state index in [9.17, 15) is 28.7 Å². The molecule has 0 aliphatic rings. The Kier molecular flexibility index (Phi) is 8.15. The van der Waals surface area contributed by atoms with Crippen LogP contribution in [0.1, 0.15) is 45.6 Å². The lowest BCUT2D eigenvalue weighted by atomic mass is 10.1. The number of aromatic nitrogens is 1. The third kappa shape index (κ3) is 6.27. The maximum atomic E-state index is 12.2. The van der Waals surface area contributed by atoms with Crippen LogP contribution in [0, 0.1) is 0 Å². The van der Waals surface area contributed by atoms with Crippen LogP contribution >= 0.6 is 15.2 Å². The van der Waals surface area contributed by atoms with Crippen molar-refractivity contribution < 1.29 is 28.7 Å². The standard InChI is InChI=1S/C17H27NO6P2/c1-14(2)6-4-7-15(3)9-10-17(25(19,20)21,26(22,23)24)12-16-8-5-11-18-13-16/h5-6,8-9,11,13H,4,7,10,12H2,1-3H3,(H2,19,20,21)(H2,22,23,24)/b15-9+.